The fraction of sp³-hybridized carbons (Fsp3) is 0.312. The maximum Gasteiger partial charge on any atom is 0.273 e. The number of carbonyl (C=O) groups excluding carboxylic acids is 1. The molecule has 3 heterocycles. The van der Waals surface area contributed by atoms with Crippen molar-refractivity contribution in [3.05, 3.63) is 44.7 Å². The zero-order valence-electron chi connectivity index (χ0n) is 13.1. The highest BCUT2D eigenvalue weighted by molar-refractivity contribution is 7.20. The molecule has 0 aromatic carbocycles. The molecule has 0 aliphatic rings. The van der Waals surface area contributed by atoms with E-state index in [1.54, 1.807) is 34.6 Å². The van der Waals surface area contributed by atoms with Crippen LogP contribution < -0.4 is 0 Å². The van der Waals surface area contributed by atoms with Crippen LogP contribution in [-0.4, -0.2) is 27.8 Å². The molecule has 3 aromatic heterocycles. The van der Waals surface area contributed by atoms with Crippen LogP contribution in [0.1, 0.15) is 41.0 Å². The summed E-state index contributed by atoms with van der Waals surface area (Å²) in [6.45, 7) is 4.76. The lowest BCUT2D eigenvalue weighted by atomic mass is 10.2. The molecular weight excluding hydrogens is 346 g/mol. The van der Waals surface area contributed by atoms with E-state index in [9.17, 15) is 4.79 Å². The predicted octanol–water partition coefficient (Wildman–Crippen LogP) is 4.72. The number of nitrogens with zero attached hydrogens (tertiary/aromatic N) is 3. The van der Waals surface area contributed by atoms with Gasteiger partial charge in [-0.05, 0) is 11.4 Å². The van der Waals surface area contributed by atoms with E-state index in [1.807, 2.05) is 28.3 Å². The van der Waals surface area contributed by atoms with Crippen molar-refractivity contribution in [3.8, 4) is 9.88 Å². The highest BCUT2D eigenvalue weighted by atomic mass is 32.1. The average Bonchev–Trinajstić information content (AvgIpc) is 3.26. The van der Waals surface area contributed by atoms with E-state index in [2.05, 4.69) is 23.8 Å². The number of hydrogen-bond acceptors (Lipinski definition) is 6. The van der Waals surface area contributed by atoms with Gasteiger partial charge in [-0.15, -0.1) is 34.0 Å². The Morgan fingerprint density at radius 3 is 2.70 bits per heavy atom. The summed E-state index contributed by atoms with van der Waals surface area (Å²) in [5, 5.41) is 7.87. The average molecular weight is 364 g/mol. The molecule has 3 aromatic rings. The zero-order valence-corrected chi connectivity index (χ0v) is 15.6. The van der Waals surface area contributed by atoms with Crippen molar-refractivity contribution in [2.75, 3.05) is 7.05 Å². The molecule has 0 spiro atoms. The summed E-state index contributed by atoms with van der Waals surface area (Å²) in [6.07, 6.45) is 0. The van der Waals surface area contributed by atoms with Gasteiger partial charge in [-0.25, -0.2) is 9.97 Å². The van der Waals surface area contributed by atoms with Crippen molar-refractivity contribution in [2.24, 2.45) is 0 Å². The second-order valence-corrected chi connectivity index (χ2v) is 8.20. The summed E-state index contributed by atoms with van der Waals surface area (Å²) in [7, 11) is 1.79. The first-order valence-corrected chi connectivity index (χ1v) is 9.87. The molecule has 0 bridgehead atoms. The van der Waals surface area contributed by atoms with Crippen LogP contribution >= 0.6 is 34.0 Å². The molecular formula is C16H17N3OS3. The molecule has 0 N–H and O–H groups in total. The summed E-state index contributed by atoms with van der Waals surface area (Å²) in [4.78, 5) is 24.3. The summed E-state index contributed by atoms with van der Waals surface area (Å²) in [5.41, 5.74) is 1.43. The second kappa shape index (κ2) is 6.90. The highest BCUT2D eigenvalue weighted by Crippen LogP contribution is 2.28. The number of aromatic nitrogens is 2. The number of hydrogen-bond donors (Lipinski definition) is 0. The molecule has 0 radical (unpaired) electrons. The number of rotatable bonds is 5. The van der Waals surface area contributed by atoms with E-state index in [0.29, 0.717) is 18.2 Å². The molecule has 23 heavy (non-hydrogen) atoms. The van der Waals surface area contributed by atoms with Crippen LogP contribution in [0.25, 0.3) is 9.88 Å². The van der Waals surface area contributed by atoms with Gasteiger partial charge < -0.3 is 4.90 Å². The van der Waals surface area contributed by atoms with Crippen molar-refractivity contribution in [1.29, 1.82) is 0 Å². The van der Waals surface area contributed by atoms with E-state index in [1.165, 1.54) is 11.3 Å². The van der Waals surface area contributed by atoms with E-state index < -0.39 is 0 Å². The maximum absolute atomic E-state index is 12.5. The first-order valence-electron chi connectivity index (χ1n) is 7.23. The standard InChI is InChI=1S/C16H17N3OS3/c1-10(2)14-17-11(8-22-14)7-19(3)16(20)12-9-23-15(18-12)13-5-4-6-21-13/h4-6,8-10H,7H2,1-3H3. The van der Waals surface area contributed by atoms with Crippen LogP contribution in [0.3, 0.4) is 0 Å². The van der Waals surface area contributed by atoms with Crippen molar-refractivity contribution in [3.63, 3.8) is 0 Å². The van der Waals surface area contributed by atoms with Gasteiger partial charge in [0.15, 0.2) is 0 Å². The number of amides is 1. The molecule has 0 aliphatic heterocycles. The van der Waals surface area contributed by atoms with Gasteiger partial charge in [-0.2, -0.15) is 0 Å². The van der Waals surface area contributed by atoms with Crippen LogP contribution in [0.4, 0.5) is 0 Å². The van der Waals surface area contributed by atoms with Gasteiger partial charge >= 0.3 is 0 Å². The Kier molecular flexibility index (Phi) is 4.89. The van der Waals surface area contributed by atoms with E-state index in [-0.39, 0.29) is 5.91 Å². The topological polar surface area (TPSA) is 46.1 Å². The second-order valence-electron chi connectivity index (χ2n) is 5.51. The van der Waals surface area contributed by atoms with Crippen molar-refractivity contribution >= 4 is 39.9 Å². The fourth-order valence-corrected chi connectivity index (χ4v) is 4.49. The van der Waals surface area contributed by atoms with Gasteiger partial charge in [0.05, 0.1) is 22.1 Å². The molecule has 120 valence electrons. The Balaban J connectivity index is 1.69. The molecule has 0 atom stereocenters. The lowest BCUT2D eigenvalue weighted by Gasteiger charge is -2.14. The molecule has 1 amide bonds. The van der Waals surface area contributed by atoms with Crippen LogP contribution in [0.5, 0.6) is 0 Å². The van der Waals surface area contributed by atoms with E-state index in [0.717, 1.165) is 20.6 Å². The number of thiazole rings is 2. The monoisotopic (exact) mass is 363 g/mol. The molecule has 0 aliphatic carbocycles. The van der Waals surface area contributed by atoms with Gasteiger partial charge in [-0.1, -0.05) is 19.9 Å². The van der Waals surface area contributed by atoms with Gasteiger partial charge in [0.1, 0.15) is 10.7 Å². The zero-order chi connectivity index (χ0) is 16.4. The van der Waals surface area contributed by atoms with Gasteiger partial charge in [0.2, 0.25) is 0 Å². The summed E-state index contributed by atoms with van der Waals surface area (Å²) < 4.78 is 0. The van der Waals surface area contributed by atoms with E-state index in [4.69, 9.17) is 0 Å². The number of thiophene rings is 1. The first kappa shape index (κ1) is 16.3. The molecule has 0 saturated heterocycles. The van der Waals surface area contributed by atoms with Gasteiger partial charge in [-0.3, -0.25) is 4.79 Å². The fourth-order valence-electron chi connectivity index (χ4n) is 2.06. The molecule has 0 unspecified atom stereocenters. The van der Waals surface area contributed by atoms with Crippen LogP contribution in [0, 0.1) is 0 Å². The minimum Gasteiger partial charge on any atom is -0.334 e. The van der Waals surface area contributed by atoms with Crippen molar-refractivity contribution in [1.82, 2.24) is 14.9 Å². The van der Waals surface area contributed by atoms with Crippen molar-refractivity contribution < 1.29 is 4.79 Å². The number of carbonyl (C=O) groups is 1. The summed E-state index contributed by atoms with van der Waals surface area (Å²) >= 11 is 4.79. The third-order valence-electron chi connectivity index (χ3n) is 3.26. The Morgan fingerprint density at radius 2 is 2.04 bits per heavy atom. The Bertz CT molecular complexity index is 789. The van der Waals surface area contributed by atoms with Gasteiger partial charge in [0, 0.05) is 23.7 Å². The third kappa shape index (κ3) is 3.68. The van der Waals surface area contributed by atoms with Crippen LogP contribution in [0.15, 0.2) is 28.3 Å². The Labute approximate surface area is 147 Å². The molecule has 7 heteroatoms. The molecule has 0 fully saturated rings. The first-order chi connectivity index (χ1) is 11.0. The Hall–Kier alpha value is -1.57. The van der Waals surface area contributed by atoms with Crippen LogP contribution in [0.2, 0.25) is 0 Å². The lowest BCUT2D eigenvalue weighted by Crippen LogP contribution is -2.26. The van der Waals surface area contributed by atoms with Crippen molar-refractivity contribution in [2.45, 2.75) is 26.3 Å². The van der Waals surface area contributed by atoms with Gasteiger partial charge in [0.25, 0.3) is 5.91 Å². The highest BCUT2D eigenvalue weighted by Gasteiger charge is 2.18. The summed E-state index contributed by atoms with van der Waals surface area (Å²) in [6, 6.07) is 4.01. The SMILES string of the molecule is CC(C)c1nc(CN(C)C(=O)c2csc(-c3cccs3)n2)cs1. The predicted molar refractivity (Wildman–Crippen MR) is 97.4 cm³/mol. The minimum atomic E-state index is -0.0665. The third-order valence-corrected chi connectivity index (χ3v) is 6.34. The lowest BCUT2D eigenvalue weighted by molar-refractivity contribution is 0.0778. The Morgan fingerprint density at radius 1 is 1.22 bits per heavy atom. The minimum absolute atomic E-state index is 0.0665. The quantitative estimate of drug-likeness (QED) is 0.659. The summed E-state index contributed by atoms with van der Waals surface area (Å²) in [5.74, 6) is 0.352. The molecule has 3 rings (SSSR count). The smallest absolute Gasteiger partial charge is 0.273 e. The largest absolute Gasteiger partial charge is 0.334 e. The maximum atomic E-state index is 12.5. The molecule has 4 nitrogen and oxygen atoms in total. The van der Waals surface area contributed by atoms with Crippen LogP contribution in [-0.2, 0) is 6.54 Å². The normalized spacial score (nSPS) is 11.1. The van der Waals surface area contributed by atoms with E-state index >= 15 is 0 Å². The molecule has 0 saturated carbocycles.